The highest BCUT2D eigenvalue weighted by Gasteiger charge is 2.15. The second-order valence-corrected chi connectivity index (χ2v) is 5.15. The van der Waals surface area contributed by atoms with E-state index in [0.29, 0.717) is 0 Å². The Morgan fingerprint density at radius 1 is 1.35 bits per heavy atom. The number of carbonyl (C=O) groups is 2. The third kappa shape index (κ3) is 4.99. The molecule has 1 rings (SSSR count). The van der Waals surface area contributed by atoms with Gasteiger partial charge in [-0.15, -0.1) is 11.3 Å². The minimum absolute atomic E-state index is 0.0670. The Morgan fingerprint density at radius 3 is 2.59 bits per heavy atom. The van der Waals surface area contributed by atoms with Crippen LogP contribution in [0.5, 0.6) is 0 Å². The van der Waals surface area contributed by atoms with E-state index in [0.717, 1.165) is 6.42 Å². The summed E-state index contributed by atoms with van der Waals surface area (Å²) in [5.41, 5.74) is 0. The van der Waals surface area contributed by atoms with Crippen LogP contribution in [0.2, 0.25) is 0 Å². The molecule has 1 aromatic heterocycles. The van der Waals surface area contributed by atoms with Gasteiger partial charge in [0.2, 0.25) is 11.8 Å². The average molecular weight is 254 g/mol. The molecule has 0 aliphatic carbocycles. The highest BCUT2D eigenvalue weighted by molar-refractivity contribution is 7.09. The van der Waals surface area contributed by atoms with Gasteiger partial charge >= 0.3 is 0 Å². The molecule has 0 bridgehead atoms. The van der Waals surface area contributed by atoms with E-state index in [9.17, 15) is 9.59 Å². The van der Waals surface area contributed by atoms with Gasteiger partial charge in [0.1, 0.15) is 6.04 Å². The number of nitrogens with one attached hydrogen (secondary N) is 2. The zero-order valence-electron chi connectivity index (χ0n) is 10.3. The van der Waals surface area contributed by atoms with Crippen molar-refractivity contribution in [2.75, 3.05) is 0 Å². The molecule has 0 aromatic carbocycles. The monoisotopic (exact) mass is 254 g/mol. The SMILES string of the molecule is CC(=O)N[C@@H](C)C(=O)N[C@@H](C)Cc1cccs1. The minimum atomic E-state index is -0.488. The van der Waals surface area contributed by atoms with Crippen molar-refractivity contribution in [1.29, 1.82) is 0 Å². The Kier molecular flexibility index (Phi) is 5.15. The molecule has 2 N–H and O–H groups in total. The Hall–Kier alpha value is -1.36. The van der Waals surface area contributed by atoms with Gasteiger partial charge in [-0.3, -0.25) is 9.59 Å². The van der Waals surface area contributed by atoms with Gasteiger partial charge in [0, 0.05) is 24.3 Å². The standard InChI is InChI=1S/C12H18N2O2S/c1-8(7-11-5-4-6-17-11)13-12(16)9(2)14-10(3)15/h4-6,8-9H,7H2,1-3H3,(H,13,16)(H,14,15)/t8-,9-/m0/s1. The van der Waals surface area contributed by atoms with Crippen molar-refractivity contribution in [3.8, 4) is 0 Å². The molecular weight excluding hydrogens is 236 g/mol. The number of rotatable bonds is 5. The highest BCUT2D eigenvalue weighted by atomic mass is 32.1. The molecule has 0 spiro atoms. The molecule has 2 atom stereocenters. The van der Waals surface area contributed by atoms with E-state index < -0.39 is 6.04 Å². The number of amides is 2. The van der Waals surface area contributed by atoms with Crippen LogP contribution in [-0.2, 0) is 16.0 Å². The summed E-state index contributed by atoms with van der Waals surface area (Å²) in [6.45, 7) is 5.03. The summed E-state index contributed by atoms with van der Waals surface area (Å²) in [4.78, 5) is 23.7. The fourth-order valence-corrected chi connectivity index (χ4v) is 2.36. The third-order valence-electron chi connectivity index (χ3n) is 2.29. The predicted octanol–water partition coefficient (Wildman–Crippen LogP) is 1.32. The van der Waals surface area contributed by atoms with E-state index in [1.807, 2.05) is 24.4 Å². The molecule has 94 valence electrons. The lowest BCUT2D eigenvalue weighted by atomic mass is 10.2. The van der Waals surface area contributed by atoms with Crippen LogP contribution in [0, 0.1) is 0 Å². The van der Waals surface area contributed by atoms with E-state index in [4.69, 9.17) is 0 Å². The van der Waals surface area contributed by atoms with E-state index in [-0.39, 0.29) is 17.9 Å². The first-order valence-electron chi connectivity index (χ1n) is 5.59. The third-order valence-corrected chi connectivity index (χ3v) is 3.19. The summed E-state index contributed by atoms with van der Waals surface area (Å²) in [5.74, 6) is -0.345. The number of thiophene rings is 1. The topological polar surface area (TPSA) is 58.2 Å². The number of hydrogen-bond acceptors (Lipinski definition) is 3. The van der Waals surface area contributed by atoms with Crippen molar-refractivity contribution < 1.29 is 9.59 Å². The second-order valence-electron chi connectivity index (χ2n) is 4.12. The van der Waals surface area contributed by atoms with Crippen LogP contribution in [0.3, 0.4) is 0 Å². The average Bonchev–Trinajstić information content (AvgIpc) is 2.68. The summed E-state index contributed by atoms with van der Waals surface area (Å²) >= 11 is 1.68. The maximum absolute atomic E-state index is 11.7. The molecule has 0 aliphatic heterocycles. The first-order chi connectivity index (χ1) is 7.99. The van der Waals surface area contributed by atoms with Gasteiger partial charge in [-0.25, -0.2) is 0 Å². The quantitative estimate of drug-likeness (QED) is 0.832. The highest BCUT2D eigenvalue weighted by Crippen LogP contribution is 2.10. The molecular formula is C12H18N2O2S. The van der Waals surface area contributed by atoms with Gasteiger partial charge in [0.05, 0.1) is 0 Å². The lowest BCUT2D eigenvalue weighted by Crippen LogP contribution is -2.47. The molecule has 1 heterocycles. The molecule has 1 aromatic rings. The van der Waals surface area contributed by atoms with Crippen LogP contribution >= 0.6 is 11.3 Å². The Balaban J connectivity index is 2.37. The first kappa shape index (κ1) is 13.7. The van der Waals surface area contributed by atoms with Crippen LogP contribution in [-0.4, -0.2) is 23.9 Å². The molecule has 4 nitrogen and oxygen atoms in total. The largest absolute Gasteiger partial charge is 0.352 e. The van der Waals surface area contributed by atoms with Gasteiger partial charge in [0.25, 0.3) is 0 Å². The van der Waals surface area contributed by atoms with Crippen LogP contribution in [0.4, 0.5) is 0 Å². The lowest BCUT2D eigenvalue weighted by Gasteiger charge is -2.17. The summed E-state index contributed by atoms with van der Waals surface area (Å²) < 4.78 is 0. The lowest BCUT2D eigenvalue weighted by molar-refractivity contribution is -0.128. The van der Waals surface area contributed by atoms with Crippen molar-refractivity contribution in [3.05, 3.63) is 22.4 Å². The molecule has 5 heteroatoms. The van der Waals surface area contributed by atoms with Crippen molar-refractivity contribution in [1.82, 2.24) is 10.6 Å². The van der Waals surface area contributed by atoms with Gasteiger partial charge in [-0.2, -0.15) is 0 Å². The fourth-order valence-electron chi connectivity index (χ4n) is 1.52. The zero-order valence-corrected chi connectivity index (χ0v) is 11.1. The molecule has 2 amide bonds. The van der Waals surface area contributed by atoms with Gasteiger partial charge in [-0.05, 0) is 25.3 Å². The van der Waals surface area contributed by atoms with E-state index in [2.05, 4.69) is 10.6 Å². The Labute approximate surface area is 105 Å². The Bertz CT molecular complexity index is 376. The summed E-state index contributed by atoms with van der Waals surface area (Å²) in [6.07, 6.45) is 0.816. The second kappa shape index (κ2) is 6.39. The minimum Gasteiger partial charge on any atom is -0.352 e. The fraction of sp³-hybridized carbons (Fsp3) is 0.500. The molecule has 17 heavy (non-hydrogen) atoms. The van der Waals surface area contributed by atoms with Crippen LogP contribution < -0.4 is 10.6 Å². The predicted molar refractivity (Wildman–Crippen MR) is 68.9 cm³/mol. The summed E-state index contributed by atoms with van der Waals surface area (Å²) in [7, 11) is 0. The van der Waals surface area contributed by atoms with Crippen LogP contribution in [0.1, 0.15) is 25.6 Å². The molecule has 0 unspecified atom stereocenters. The van der Waals surface area contributed by atoms with Crippen LogP contribution in [0.15, 0.2) is 17.5 Å². The molecule has 0 radical (unpaired) electrons. The molecule has 0 saturated heterocycles. The molecule has 0 saturated carbocycles. The van der Waals surface area contributed by atoms with Gasteiger partial charge in [0.15, 0.2) is 0 Å². The van der Waals surface area contributed by atoms with Gasteiger partial charge in [-0.1, -0.05) is 6.07 Å². The van der Waals surface area contributed by atoms with Gasteiger partial charge < -0.3 is 10.6 Å². The maximum Gasteiger partial charge on any atom is 0.242 e. The van der Waals surface area contributed by atoms with E-state index in [1.165, 1.54) is 11.8 Å². The van der Waals surface area contributed by atoms with Crippen molar-refractivity contribution in [2.24, 2.45) is 0 Å². The van der Waals surface area contributed by atoms with Crippen molar-refractivity contribution in [2.45, 2.75) is 39.3 Å². The molecule has 0 fully saturated rings. The first-order valence-corrected chi connectivity index (χ1v) is 6.47. The Morgan fingerprint density at radius 2 is 2.06 bits per heavy atom. The summed E-state index contributed by atoms with van der Waals surface area (Å²) in [5, 5.41) is 7.45. The normalized spacial score (nSPS) is 13.8. The summed E-state index contributed by atoms with van der Waals surface area (Å²) in [6, 6.07) is 3.62. The molecule has 0 aliphatic rings. The van der Waals surface area contributed by atoms with E-state index >= 15 is 0 Å². The van der Waals surface area contributed by atoms with Crippen molar-refractivity contribution >= 4 is 23.2 Å². The van der Waals surface area contributed by atoms with Crippen molar-refractivity contribution in [3.63, 3.8) is 0 Å². The van der Waals surface area contributed by atoms with Crippen LogP contribution in [0.25, 0.3) is 0 Å². The number of carbonyl (C=O) groups excluding carboxylic acids is 2. The number of hydrogen-bond donors (Lipinski definition) is 2. The zero-order chi connectivity index (χ0) is 12.8. The smallest absolute Gasteiger partial charge is 0.242 e. The van der Waals surface area contributed by atoms with E-state index in [1.54, 1.807) is 18.3 Å². The maximum atomic E-state index is 11.7.